The summed E-state index contributed by atoms with van der Waals surface area (Å²) in [5, 5.41) is 0. The Morgan fingerprint density at radius 2 is 1.27 bits per heavy atom. The van der Waals surface area contributed by atoms with Gasteiger partial charge in [0, 0.05) is 0 Å². The van der Waals surface area contributed by atoms with Gasteiger partial charge in [0.1, 0.15) is 0 Å². The monoisotopic (exact) mass is 542 g/mol. The first kappa shape index (κ1) is 28.1. The van der Waals surface area contributed by atoms with Crippen LogP contribution >= 0.6 is 0 Å². The number of benzene rings is 1. The summed E-state index contributed by atoms with van der Waals surface area (Å²) < 4.78 is 11.5. The number of ether oxygens (including phenoxy) is 2. The summed E-state index contributed by atoms with van der Waals surface area (Å²) in [4.78, 5) is 0. The Labute approximate surface area is 217 Å². The molecule has 0 spiro atoms. The van der Waals surface area contributed by atoms with E-state index >= 15 is 0 Å². The van der Waals surface area contributed by atoms with Crippen LogP contribution in [0.15, 0.2) is 36.4 Å². The third kappa shape index (κ3) is 6.93. The fourth-order valence-corrected chi connectivity index (χ4v) is 6.02. The second-order valence-electron chi connectivity index (χ2n) is 10.3. The van der Waals surface area contributed by atoms with Crippen LogP contribution in [0.4, 0.5) is 0 Å². The van der Waals surface area contributed by atoms with E-state index in [0.29, 0.717) is 0 Å². The van der Waals surface area contributed by atoms with E-state index < -0.39 is 0 Å². The average Bonchev–Trinajstić information content (AvgIpc) is 2.84. The third-order valence-electron chi connectivity index (χ3n) is 7.41. The minimum Gasteiger partial charge on any atom is -0.509 e. The molecule has 3 heteroatoms. The molecular formula is C30H44O2Pd. The van der Waals surface area contributed by atoms with Crippen LogP contribution in [0.5, 0.6) is 11.5 Å². The van der Waals surface area contributed by atoms with Crippen molar-refractivity contribution in [2.45, 2.75) is 85.0 Å². The van der Waals surface area contributed by atoms with Crippen molar-refractivity contribution in [3.8, 4) is 11.5 Å². The first-order valence-electron chi connectivity index (χ1n) is 12.8. The van der Waals surface area contributed by atoms with Crippen LogP contribution in [0.25, 0.3) is 5.57 Å². The molecule has 3 aliphatic rings. The van der Waals surface area contributed by atoms with Crippen molar-refractivity contribution in [2.24, 2.45) is 17.3 Å². The van der Waals surface area contributed by atoms with Crippen LogP contribution in [0, 0.1) is 29.6 Å². The number of rotatable bonds is 5. The second-order valence-corrected chi connectivity index (χ2v) is 10.3. The molecule has 0 amide bonds. The van der Waals surface area contributed by atoms with Crippen LogP contribution in [-0.2, 0) is 20.4 Å². The predicted octanol–water partition coefficient (Wildman–Crippen LogP) is 8.63. The molecule has 0 radical (unpaired) electrons. The molecule has 1 aromatic carbocycles. The Kier molecular flexibility index (Phi) is 11.6. The number of hydrogen-bond acceptors (Lipinski definition) is 2. The van der Waals surface area contributed by atoms with E-state index in [9.17, 15) is 0 Å². The van der Waals surface area contributed by atoms with Gasteiger partial charge in [-0.3, -0.25) is 0 Å². The third-order valence-corrected chi connectivity index (χ3v) is 7.41. The van der Waals surface area contributed by atoms with Crippen LogP contribution in [-0.4, -0.2) is 14.2 Å². The SMILES string of the molecule is COc1cccc(OC)c1C1=CC=CC(C2CCCCC2)(C2CCCCC2)[CH-]1.C[C-](C)C.[Pd+2]. The van der Waals surface area contributed by atoms with Crippen molar-refractivity contribution in [1.82, 2.24) is 0 Å². The Morgan fingerprint density at radius 3 is 1.70 bits per heavy atom. The number of allylic oxidation sites excluding steroid dienone is 4. The van der Waals surface area contributed by atoms with Gasteiger partial charge in [0.2, 0.25) is 0 Å². The van der Waals surface area contributed by atoms with E-state index in [-0.39, 0.29) is 25.8 Å². The molecule has 4 rings (SSSR count). The number of hydrogen-bond donors (Lipinski definition) is 0. The normalized spacial score (nSPS) is 20.6. The predicted molar refractivity (Wildman–Crippen MR) is 137 cm³/mol. The van der Waals surface area contributed by atoms with Gasteiger partial charge in [-0.15, -0.1) is 6.08 Å². The zero-order chi connectivity index (χ0) is 23.0. The summed E-state index contributed by atoms with van der Waals surface area (Å²) in [5.41, 5.74) is 2.57. The van der Waals surface area contributed by atoms with Gasteiger partial charge in [-0.05, 0) is 34.9 Å². The van der Waals surface area contributed by atoms with Crippen molar-refractivity contribution < 1.29 is 29.9 Å². The van der Waals surface area contributed by atoms with Gasteiger partial charge in [-0.25, -0.2) is 0 Å². The molecule has 0 saturated heterocycles. The average molecular weight is 543 g/mol. The zero-order valence-corrected chi connectivity index (χ0v) is 23.0. The van der Waals surface area contributed by atoms with Crippen LogP contribution in [0.2, 0.25) is 0 Å². The molecule has 1 aromatic rings. The maximum absolute atomic E-state index is 5.74. The van der Waals surface area contributed by atoms with E-state index in [1.165, 1.54) is 75.7 Å². The first-order valence-corrected chi connectivity index (χ1v) is 12.8. The van der Waals surface area contributed by atoms with Gasteiger partial charge in [0.15, 0.2) is 0 Å². The smallest absolute Gasteiger partial charge is 0.509 e. The molecule has 2 fully saturated rings. The van der Waals surface area contributed by atoms with Crippen LogP contribution < -0.4 is 9.47 Å². The van der Waals surface area contributed by atoms with Crippen molar-refractivity contribution in [3.05, 3.63) is 54.3 Å². The van der Waals surface area contributed by atoms with E-state index in [1.54, 1.807) is 14.2 Å². The molecule has 0 N–H and O–H groups in total. The van der Waals surface area contributed by atoms with Crippen molar-refractivity contribution >= 4 is 5.57 Å². The molecule has 0 atom stereocenters. The standard InChI is InChI=1S/C26H35O2.C4H9.Pd/c1-27-23-16-9-17-24(28-2)25(23)20-11-10-18-26(19-20,21-12-5-3-6-13-21)22-14-7-4-8-15-22;1-4(2)3;/h9-11,16-19,21-22H,3-8,12-15H2,1-2H3;1-3H3;/q2*-1;+2. The van der Waals surface area contributed by atoms with Gasteiger partial charge < -0.3 is 15.4 Å². The minimum atomic E-state index is 0. The molecule has 2 nitrogen and oxygen atoms in total. The molecule has 186 valence electrons. The molecule has 0 bridgehead atoms. The van der Waals surface area contributed by atoms with Gasteiger partial charge in [-0.1, -0.05) is 76.4 Å². The van der Waals surface area contributed by atoms with Crippen molar-refractivity contribution in [2.75, 3.05) is 14.2 Å². The fraction of sp³-hybridized carbons (Fsp3) is 0.600. The number of methoxy groups -OCH3 is 2. The topological polar surface area (TPSA) is 18.5 Å². The van der Waals surface area contributed by atoms with E-state index in [4.69, 9.17) is 9.47 Å². The van der Waals surface area contributed by atoms with Crippen molar-refractivity contribution in [1.29, 1.82) is 0 Å². The Hall–Kier alpha value is -1.17. The summed E-state index contributed by atoms with van der Waals surface area (Å²) in [7, 11) is 3.51. The summed E-state index contributed by atoms with van der Waals surface area (Å²) in [6.07, 6.45) is 23.6. The summed E-state index contributed by atoms with van der Waals surface area (Å²) in [5.74, 6) is 4.76. The molecule has 0 unspecified atom stereocenters. The van der Waals surface area contributed by atoms with Gasteiger partial charge in [-0.2, -0.15) is 38.8 Å². The molecule has 0 heterocycles. The second kappa shape index (κ2) is 13.7. The maximum atomic E-state index is 5.74. The summed E-state index contributed by atoms with van der Waals surface area (Å²) in [6.45, 7) is 6.25. The van der Waals surface area contributed by atoms with Gasteiger partial charge in [0.05, 0.1) is 25.7 Å². The molecule has 3 aliphatic carbocycles. The van der Waals surface area contributed by atoms with E-state index in [1.807, 2.05) is 18.2 Å². The molecule has 0 aliphatic heterocycles. The molecule has 2 saturated carbocycles. The summed E-state index contributed by atoms with van der Waals surface area (Å²) >= 11 is 0. The molecular weight excluding hydrogens is 499 g/mol. The summed E-state index contributed by atoms with van der Waals surface area (Å²) in [6, 6.07) is 6.11. The Balaban J connectivity index is 0.000000714. The van der Waals surface area contributed by atoms with Gasteiger partial charge in [0.25, 0.3) is 0 Å². The van der Waals surface area contributed by atoms with Crippen LogP contribution in [0.1, 0.15) is 90.5 Å². The van der Waals surface area contributed by atoms with E-state index in [2.05, 4.69) is 45.4 Å². The Bertz CT molecular complexity index is 724. The van der Waals surface area contributed by atoms with Gasteiger partial charge >= 0.3 is 20.4 Å². The fourth-order valence-electron chi connectivity index (χ4n) is 6.02. The largest absolute Gasteiger partial charge is 2.00 e. The quantitative estimate of drug-likeness (QED) is 0.274. The maximum Gasteiger partial charge on any atom is 2.00 e. The first-order chi connectivity index (χ1) is 15.5. The van der Waals surface area contributed by atoms with Crippen molar-refractivity contribution in [3.63, 3.8) is 0 Å². The zero-order valence-electron chi connectivity index (χ0n) is 21.4. The Morgan fingerprint density at radius 1 is 0.818 bits per heavy atom. The molecule has 33 heavy (non-hydrogen) atoms. The molecule has 0 aromatic heterocycles. The van der Waals surface area contributed by atoms with E-state index in [0.717, 1.165) is 28.9 Å². The van der Waals surface area contributed by atoms with Crippen LogP contribution in [0.3, 0.4) is 0 Å². The minimum absolute atomic E-state index is 0.